The molecule has 1 atom stereocenters. The highest BCUT2D eigenvalue weighted by Crippen LogP contribution is 2.16. The zero-order valence-electron chi connectivity index (χ0n) is 10.2. The SMILES string of the molecule is COCCOC(C)C[Si](OC)(OC)OC. The summed E-state index contributed by atoms with van der Waals surface area (Å²) in [4.78, 5) is 0. The van der Waals surface area contributed by atoms with Crippen LogP contribution in [0.15, 0.2) is 0 Å². The lowest BCUT2D eigenvalue weighted by atomic mass is 10.5. The molecule has 0 radical (unpaired) electrons. The fraction of sp³-hybridized carbons (Fsp3) is 1.00. The quantitative estimate of drug-likeness (QED) is 0.441. The molecule has 0 aromatic carbocycles. The van der Waals surface area contributed by atoms with Gasteiger partial charge in [-0.05, 0) is 6.92 Å². The zero-order valence-corrected chi connectivity index (χ0v) is 11.2. The molecule has 0 aromatic heterocycles. The fourth-order valence-electron chi connectivity index (χ4n) is 1.24. The van der Waals surface area contributed by atoms with E-state index in [1.54, 1.807) is 28.4 Å². The molecule has 15 heavy (non-hydrogen) atoms. The lowest BCUT2D eigenvalue weighted by molar-refractivity contribution is 0.0216. The number of hydrogen-bond donors (Lipinski definition) is 0. The van der Waals surface area contributed by atoms with Gasteiger partial charge in [-0.3, -0.25) is 0 Å². The number of ether oxygens (including phenoxy) is 2. The molecule has 0 aliphatic carbocycles. The van der Waals surface area contributed by atoms with Crippen LogP contribution < -0.4 is 0 Å². The molecule has 0 N–H and O–H groups in total. The highest BCUT2D eigenvalue weighted by molar-refractivity contribution is 6.60. The Bertz CT molecular complexity index is 143. The van der Waals surface area contributed by atoms with Crippen molar-refractivity contribution in [3.8, 4) is 0 Å². The van der Waals surface area contributed by atoms with Crippen LogP contribution in [0.1, 0.15) is 6.92 Å². The first-order valence-corrected chi connectivity index (χ1v) is 6.83. The Morgan fingerprint density at radius 2 is 1.47 bits per heavy atom. The lowest BCUT2D eigenvalue weighted by Gasteiger charge is -2.27. The third-order valence-corrected chi connectivity index (χ3v) is 5.10. The van der Waals surface area contributed by atoms with Gasteiger partial charge in [0.2, 0.25) is 0 Å². The van der Waals surface area contributed by atoms with Crippen molar-refractivity contribution in [1.29, 1.82) is 0 Å². The summed E-state index contributed by atoms with van der Waals surface area (Å²) in [7, 11) is 3.93. The van der Waals surface area contributed by atoms with Crippen LogP contribution in [0.3, 0.4) is 0 Å². The molecule has 5 nitrogen and oxygen atoms in total. The molecule has 92 valence electrons. The van der Waals surface area contributed by atoms with Crippen molar-refractivity contribution in [3.05, 3.63) is 0 Å². The van der Waals surface area contributed by atoms with Crippen molar-refractivity contribution in [1.82, 2.24) is 0 Å². The van der Waals surface area contributed by atoms with Crippen LogP contribution in [0, 0.1) is 0 Å². The predicted octanol–water partition coefficient (Wildman–Crippen LogP) is 0.916. The maximum Gasteiger partial charge on any atom is 0.502 e. The average molecular weight is 238 g/mol. The van der Waals surface area contributed by atoms with Gasteiger partial charge in [0.1, 0.15) is 0 Å². The van der Waals surface area contributed by atoms with E-state index < -0.39 is 8.80 Å². The molecule has 0 spiro atoms. The van der Waals surface area contributed by atoms with E-state index in [4.69, 9.17) is 22.8 Å². The minimum Gasteiger partial charge on any atom is -0.382 e. The van der Waals surface area contributed by atoms with Gasteiger partial charge in [0.25, 0.3) is 0 Å². The second kappa shape index (κ2) is 8.20. The molecule has 0 aliphatic rings. The Labute approximate surface area is 93.0 Å². The maximum atomic E-state index is 5.51. The topological polar surface area (TPSA) is 46.2 Å². The normalized spacial score (nSPS) is 14.2. The predicted molar refractivity (Wildman–Crippen MR) is 58.9 cm³/mol. The molecular weight excluding hydrogens is 216 g/mol. The Kier molecular flexibility index (Phi) is 8.21. The first-order chi connectivity index (χ1) is 7.14. The average Bonchev–Trinajstić information content (AvgIpc) is 2.26. The largest absolute Gasteiger partial charge is 0.502 e. The van der Waals surface area contributed by atoms with Gasteiger partial charge >= 0.3 is 8.80 Å². The molecule has 0 fully saturated rings. The van der Waals surface area contributed by atoms with Gasteiger partial charge in [0.15, 0.2) is 0 Å². The smallest absolute Gasteiger partial charge is 0.382 e. The molecule has 0 rings (SSSR count). The highest BCUT2D eigenvalue weighted by atomic mass is 28.4. The monoisotopic (exact) mass is 238 g/mol. The van der Waals surface area contributed by atoms with Crippen molar-refractivity contribution in [3.63, 3.8) is 0 Å². The molecule has 0 heterocycles. The molecule has 0 saturated carbocycles. The Morgan fingerprint density at radius 3 is 1.87 bits per heavy atom. The summed E-state index contributed by atoms with van der Waals surface area (Å²) in [6.45, 7) is 3.12. The van der Waals surface area contributed by atoms with Gasteiger partial charge in [-0.1, -0.05) is 0 Å². The van der Waals surface area contributed by atoms with E-state index in [9.17, 15) is 0 Å². The van der Waals surface area contributed by atoms with E-state index in [-0.39, 0.29) is 6.10 Å². The summed E-state index contributed by atoms with van der Waals surface area (Å²) in [5.41, 5.74) is 0. The van der Waals surface area contributed by atoms with Crippen LogP contribution in [-0.2, 0) is 22.8 Å². The fourth-order valence-corrected chi connectivity index (χ4v) is 3.07. The molecule has 0 bridgehead atoms. The van der Waals surface area contributed by atoms with Gasteiger partial charge in [0, 0.05) is 34.5 Å². The summed E-state index contributed by atoms with van der Waals surface area (Å²) < 4.78 is 26.3. The van der Waals surface area contributed by atoms with E-state index in [1.807, 2.05) is 6.92 Å². The number of methoxy groups -OCH3 is 1. The Hall–Kier alpha value is 0.0169. The van der Waals surface area contributed by atoms with Crippen LogP contribution in [0.25, 0.3) is 0 Å². The minimum atomic E-state index is -2.51. The molecule has 0 aromatic rings. The highest BCUT2D eigenvalue weighted by Gasteiger charge is 2.39. The van der Waals surface area contributed by atoms with Gasteiger partial charge < -0.3 is 22.8 Å². The molecular formula is C9H22O5Si. The van der Waals surface area contributed by atoms with Crippen LogP contribution in [0.2, 0.25) is 6.04 Å². The van der Waals surface area contributed by atoms with E-state index in [1.165, 1.54) is 0 Å². The van der Waals surface area contributed by atoms with E-state index in [0.717, 1.165) is 0 Å². The summed E-state index contributed by atoms with van der Waals surface area (Å²) in [5, 5.41) is 0. The van der Waals surface area contributed by atoms with Gasteiger partial charge in [-0.2, -0.15) is 0 Å². The van der Waals surface area contributed by atoms with Gasteiger partial charge in [-0.15, -0.1) is 0 Å². The first-order valence-electron chi connectivity index (χ1n) is 4.90. The van der Waals surface area contributed by atoms with E-state index in [0.29, 0.717) is 19.3 Å². The second-order valence-electron chi connectivity index (χ2n) is 3.17. The number of hydrogen-bond acceptors (Lipinski definition) is 5. The van der Waals surface area contributed by atoms with Gasteiger partial charge in [-0.25, -0.2) is 0 Å². The van der Waals surface area contributed by atoms with Crippen molar-refractivity contribution in [2.75, 3.05) is 41.7 Å². The summed E-state index contributed by atoms with van der Waals surface area (Å²) in [6.07, 6.45) is 0.0340. The third kappa shape index (κ3) is 5.60. The van der Waals surface area contributed by atoms with Crippen LogP contribution in [-0.4, -0.2) is 56.6 Å². The number of rotatable bonds is 9. The van der Waals surface area contributed by atoms with Crippen molar-refractivity contribution >= 4 is 8.80 Å². The molecule has 0 aliphatic heterocycles. The lowest BCUT2D eigenvalue weighted by Crippen LogP contribution is -2.45. The first kappa shape index (κ1) is 15.0. The summed E-state index contributed by atoms with van der Waals surface area (Å²) in [6, 6.07) is 0.639. The van der Waals surface area contributed by atoms with E-state index in [2.05, 4.69) is 0 Å². The van der Waals surface area contributed by atoms with Crippen LogP contribution >= 0.6 is 0 Å². The minimum absolute atomic E-state index is 0.0340. The summed E-state index contributed by atoms with van der Waals surface area (Å²) in [5.74, 6) is 0. The van der Waals surface area contributed by atoms with Crippen molar-refractivity contribution in [2.24, 2.45) is 0 Å². The Morgan fingerprint density at radius 1 is 0.933 bits per heavy atom. The molecule has 0 amide bonds. The van der Waals surface area contributed by atoms with E-state index >= 15 is 0 Å². The summed E-state index contributed by atoms with van der Waals surface area (Å²) >= 11 is 0. The third-order valence-electron chi connectivity index (χ3n) is 2.16. The zero-order chi connectivity index (χ0) is 11.7. The standard InChI is InChI=1S/C9H22O5Si/c1-9(14-7-6-10-2)8-15(11-3,12-4)13-5/h9H,6-8H2,1-5H3. The molecule has 1 unspecified atom stereocenters. The van der Waals surface area contributed by atoms with Crippen LogP contribution in [0.4, 0.5) is 0 Å². The van der Waals surface area contributed by atoms with Gasteiger partial charge in [0.05, 0.1) is 19.3 Å². The Balaban J connectivity index is 3.94. The second-order valence-corrected chi connectivity index (χ2v) is 6.17. The van der Waals surface area contributed by atoms with Crippen LogP contribution in [0.5, 0.6) is 0 Å². The van der Waals surface area contributed by atoms with Crippen molar-refractivity contribution < 1.29 is 22.8 Å². The van der Waals surface area contributed by atoms with Crippen molar-refractivity contribution in [2.45, 2.75) is 19.1 Å². The molecule has 0 saturated heterocycles. The molecule has 6 heteroatoms. The maximum absolute atomic E-state index is 5.51.